The SMILES string of the molecule is O=C(O)CN1C(=O)/C(=c2\sc3nc(-c4cccc(Cl)c4)nn3c2=O)c2ccccc21. The number of rotatable bonds is 3. The number of hydrogen-bond donors (Lipinski definition) is 1. The van der Waals surface area contributed by atoms with E-state index in [1.165, 1.54) is 0 Å². The molecule has 4 aromatic rings. The van der Waals surface area contributed by atoms with E-state index in [1.807, 2.05) is 0 Å². The van der Waals surface area contributed by atoms with Crippen molar-refractivity contribution in [3.8, 4) is 11.4 Å². The van der Waals surface area contributed by atoms with Crippen molar-refractivity contribution in [2.75, 3.05) is 11.4 Å². The van der Waals surface area contributed by atoms with Crippen molar-refractivity contribution in [3.63, 3.8) is 0 Å². The van der Waals surface area contributed by atoms with E-state index in [9.17, 15) is 19.5 Å². The number of benzene rings is 2. The highest BCUT2D eigenvalue weighted by Crippen LogP contribution is 2.35. The lowest BCUT2D eigenvalue weighted by Crippen LogP contribution is -2.35. The standard InChI is InChI=1S/C20H11ClN4O4S/c21-11-5-3-4-10(8-11)17-22-20-25(23-17)19(29)16(30-20)15-12-6-1-2-7-13(12)24(18(15)28)9-14(26)27/h1-8H,9H2,(H,26,27)/b16-15-. The third-order valence-electron chi connectivity index (χ3n) is 4.68. The summed E-state index contributed by atoms with van der Waals surface area (Å²) in [4.78, 5) is 43.2. The smallest absolute Gasteiger partial charge is 0.323 e. The van der Waals surface area contributed by atoms with Crippen molar-refractivity contribution in [1.82, 2.24) is 14.6 Å². The summed E-state index contributed by atoms with van der Waals surface area (Å²) in [7, 11) is 0. The fourth-order valence-electron chi connectivity index (χ4n) is 3.43. The van der Waals surface area contributed by atoms with E-state index in [4.69, 9.17) is 11.6 Å². The zero-order chi connectivity index (χ0) is 21.0. The molecular formula is C20H11ClN4O4S. The van der Waals surface area contributed by atoms with Gasteiger partial charge in [0, 0.05) is 16.1 Å². The summed E-state index contributed by atoms with van der Waals surface area (Å²) in [6, 6.07) is 13.8. The Hall–Kier alpha value is -3.56. The minimum Gasteiger partial charge on any atom is -0.480 e. The number of carbonyl (C=O) groups is 2. The summed E-state index contributed by atoms with van der Waals surface area (Å²) in [5.41, 5.74) is 1.32. The normalized spacial score (nSPS) is 15.1. The first-order valence-corrected chi connectivity index (χ1v) is 9.96. The number of anilines is 1. The van der Waals surface area contributed by atoms with Gasteiger partial charge in [-0.2, -0.15) is 9.50 Å². The Bertz CT molecular complexity index is 1480. The summed E-state index contributed by atoms with van der Waals surface area (Å²) in [6.45, 7) is -0.493. The lowest BCUT2D eigenvalue weighted by molar-refractivity contribution is -0.136. The number of nitrogens with zero attached hydrogens (tertiary/aromatic N) is 4. The molecule has 0 saturated heterocycles. The van der Waals surface area contributed by atoms with Gasteiger partial charge in [0.05, 0.1) is 11.3 Å². The van der Waals surface area contributed by atoms with E-state index in [2.05, 4.69) is 10.1 Å². The van der Waals surface area contributed by atoms with Gasteiger partial charge in [0.15, 0.2) is 5.82 Å². The number of fused-ring (bicyclic) bond motifs is 2. The molecule has 1 N–H and O–H groups in total. The third kappa shape index (κ3) is 2.78. The molecule has 0 radical (unpaired) electrons. The number of carbonyl (C=O) groups excluding carboxylic acids is 1. The van der Waals surface area contributed by atoms with E-state index >= 15 is 0 Å². The highest BCUT2D eigenvalue weighted by molar-refractivity contribution is 7.15. The molecule has 0 saturated carbocycles. The van der Waals surface area contributed by atoms with Gasteiger partial charge in [-0.15, -0.1) is 5.10 Å². The molecule has 1 amide bonds. The van der Waals surface area contributed by atoms with E-state index in [0.29, 0.717) is 32.6 Å². The molecule has 5 rings (SSSR count). The van der Waals surface area contributed by atoms with Gasteiger partial charge >= 0.3 is 5.97 Å². The number of hydrogen-bond acceptors (Lipinski definition) is 6. The molecule has 0 unspecified atom stereocenters. The molecule has 30 heavy (non-hydrogen) atoms. The molecule has 0 atom stereocenters. The average molecular weight is 439 g/mol. The van der Waals surface area contributed by atoms with Crippen molar-refractivity contribution in [1.29, 1.82) is 0 Å². The van der Waals surface area contributed by atoms with Crippen LogP contribution in [0.5, 0.6) is 0 Å². The first kappa shape index (κ1) is 18.5. The maximum absolute atomic E-state index is 13.0. The molecular weight excluding hydrogens is 428 g/mol. The second kappa shape index (κ2) is 6.75. The minimum atomic E-state index is -1.14. The lowest BCUT2D eigenvalue weighted by atomic mass is 10.1. The van der Waals surface area contributed by atoms with Crippen LogP contribution in [0.15, 0.2) is 53.3 Å². The van der Waals surface area contributed by atoms with Gasteiger partial charge in [-0.25, -0.2) is 0 Å². The average Bonchev–Trinajstić information content (AvgIpc) is 3.34. The van der Waals surface area contributed by atoms with Crippen LogP contribution in [0.1, 0.15) is 5.56 Å². The number of thiazole rings is 1. The second-order valence-electron chi connectivity index (χ2n) is 6.55. The second-order valence-corrected chi connectivity index (χ2v) is 7.97. The van der Waals surface area contributed by atoms with Crippen LogP contribution in [0.4, 0.5) is 5.69 Å². The Balaban J connectivity index is 1.72. The number of aromatic nitrogens is 3. The van der Waals surface area contributed by atoms with Gasteiger partial charge in [-0.3, -0.25) is 19.3 Å². The summed E-state index contributed by atoms with van der Waals surface area (Å²) >= 11 is 7.06. The van der Waals surface area contributed by atoms with Crippen molar-refractivity contribution in [2.45, 2.75) is 0 Å². The van der Waals surface area contributed by atoms with Gasteiger partial charge in [0.2, 0.25) is 4.96 Å². The largest absolute Gasteiger partial charge is 0.480 e. The van der Waals surface area contributed by atoms with Gasteiger partial charge in [0.1, 0.15) is 11.1 Å². The maximum Gasteiger partial charge on any atom is 0.323 e. The topological polar surface area (TPSA) is 105 Å². The fourth-order valence-corrected chi connectivity index (χ4v) is 4.62. The highest BCUT2D eigenvalue weighted by atomic mass is 35.5. The van der Waals surface area contributed by atoms with E-state index in [1.54, 1.807) is 48.5 Å². The highest BCUT2D eigenvalue weighted by Gasteiger charge is 2.35. The predicted molar refractivity (Wildman–Crippen MR) is 112 cm³/mol. The number of carboxylic acids is 1. The van der Waals surface area contributed by atoms with Crippen LogP contribution in [0.25, 0.3) is 21.9 Å². The molecule has 2 aromatic heterocycles. The number of halogens is 1. The van der Waals surface area contributed by atoms with Crippen molar-refractivity contribution in [2.24, 2.45) is 0 Å². The molecule has 0 aliphatic carbocycles. The first-order valence-electron chi connectivity index (χ1n) is 8.77. The summed E-state index contributed by atoms with van der Waals surface area (Å²) in [6.07, 6.45) is 0. The number of aliphatic carboxylic acids is 1. The van der Waals surface area contributed by atoms with Crippen molar-refractivity contribution >= 4 is 51.0 Å². The molecule has 10 heteroatoms. The van der Waals surface area contributed by atoms with Gasteiger partial charge < -0.3 is 5.11 Å². The van der Waals surface area contributed by atoms with Crippen LogP contribution in [-0.4, -0.2) is 38.1 Å². The Kier molecular flexibility index (Phi) is 4.16. The molecule has 2 aromatic carbocycles. The molecule has 0 spiro atoms. The lowest BCUT2D eigenvalue weighted by Gasteiger charge is -2.13. The fraction of sp³-hybridized carbons (Fsp3) is 0.0500. The zero-order valence-electron chi connectivity index (χ0n) is 15.1. The number of carboxylic acid groups (broad SMARTS) is 1. The van der Waals surface area contributed by atoms with Crippen molar-refractivity contribution in [3.05, 3.63) is 74.0 Å². The number of amides is 1. The first-order chi connectivity index (χ1) is 14.4. The van der Waals surface area contributed by atoms with Crippen LogP contribution in [-0.2, 0) is 9.59 Å². The van der Waals surface area contributed by atoms with Gasteiger partial charge in [-0.05, 0) is 18.2 Å². The molecule has 148 valence electrons. The van der Waals surface area contributed by atoms with Crippen LogP contribution < -0.4 is 15.0 Å². The Morgan fingerprint density at radius 2 is 1.93 bits per heavy atom. The van der Waals surface area contributed by atoms with Crippen LogP contribution in [0, 0.1) is 0 Å². The summed E-state index contributed by atoms with van der Waals surface area (Å²) in [5, 5.41) is 14.0. The molecule has 1 aliphatic heterocycles. The zero-order valence-corrected chi connectivity index (χ0v) is 16.6. The van der Waals surface area contributed by atoms with Crippen LogP contribution in [0.2, 0.25) is 5.02 Å². The summed E-state index contributed by atoms with van der Waals surface area (Å²) in [5.74, 6) is -1.33. The quantitative estimate of drug-likeness (QED) is 0.523. The maximum atomic E-state index is 13.0. The summed E-state index contributed by atoms with van der Waals surface area (Å²) < 4.78 is 1.33. The molecule has 3 heterocycles. The van der Waals surface area contributed by atoms with Crippen LogP contribution in [0.3, 0.4) is 0 Å². The van der Waals surface area contributed by atoms with E-state index in [0.717, 1.165) is 20.8 Å². The monoisotopic (exact) mass is 438 g/mol. The third-order valence-corrected chi connectivity index (χ3v) is 5.95. The van der Waals surface area contributed by atoms with E-state index < -0.39 is 24.0 Å². The predicted octanol–water partition coefficient (Wildman–Crippen LogP) is 1.82. The minimum absolute atomic E-state index is 0.165. The number of para-hydroxylation sites is 1. The van der Waals surface area contributed by atoms with Gasteiger partial charge in [0.25, 0.3) is 11.5 Å². The molecule has 1 aliphatic rings. The van der Waals surface area contributed by atoms with Gasteiger partial charge in [-0.1, -0.05) is 53.3 Å². The van der Waals surface area contributed by atoms with Crippen LogP contribution >= 0.6 is 22.9 Å². The molecule has 0 bridgehead atoms. The Morgan fingerprint density at radius 3 is 2.67 bits per heavy atom. The van der Waals surface area contributed by atoms with Crippen molar-refractivity contribution < 1.29 is 14.7 Å². The molecule has 8 nitrogen and oxygen atoms in total. The molecule has 0 fully saturated rings. The Morgan fingerprint density at radius 1 is 1.13 bits per heavy atom. The Labute approximate surface area is 177 Å². The van der Waals surface area contributed by atoms with E-state index in [-0.39, 0.29) is 10.1 Å².